The van der Waals surface area contributed by atoms with E-state index in [2.05, 4.69) is 9.71 Å². The molecule has 0 spiro atoms. The highest BCUT2D eigenvalue weighted by Gasteiger charge is 2.23. The van der Waals surface area contributed by atoms with Gasteiger partial charge in [0.05, 0.1) is 7.11 Å². The summed E-state index contributed by atoms with van der Waals surface area (Å²) in [6.07, 6.45) is 4.10. The van der Waals surface area contributed by atoms with Crippen LogP contribution in [0, 0.1) is 0 Å². The quantitative estimate of drug-likeness (QED) is 0.456. The molecular weight excluding hydrogens is 426 g/mol. The molecule has 0 bridgehead atoms. The van der Waals surface area contributed by atoms with Gasteiger partial charge in [-0.05, 0) is 49.1 Å². The number of H-pyrrole nitrogens is 1. The van der Waals surface area contributed by atoms with E-state index in [0.717, 1.165) is 29.3 Å². The lowest BCUT2D eigenvalue weighted by molar-refractivity contribution is 0.0755. The van der Waals surface area contributed by atoms with Crippen LogP contribution in [0.15, 0.2) is 53.6 Å². The number of rotatable bonds is 11. The third-order valence-electron chi connectivity index (χ3n) is 5.34. The van der Waals surface area contributed by atoms with Gasteiger partial charge in [0.1, 0.15) is 10.6 Å². The van der Waals surface area contributed by atoms with Crippen molar-refractivity contribution in [3.63, 3.8) is 0 Å². The Morgan fingerprint density at radius 1 is 1.09 bits per heavy atom. The van der Waals surface area contributed by atoms with Crippen molar-refractivity contribution >= 4 is 26.8 Å². The number of para-hydroxylation sites is 1. The number of sulfonamides is 1. The molecular formula is C24H31N3O4S. The predicted molar refractivity (Wildman–Crippen MR) is 127 cm³/mol. The first-order valence-electron chi connectivity index (χ1n) is 10.9. The Morgan fingerprint density at radius 2 is 1.81 bits per heavy atom. The van der Waals surface area contributed by atoms with Crippen molar-refractivity contribution in [2.75, 3.05) is 26.7 Å². The third kappa shape index (κ3) is 5.31. The minimum atomic E-state index is -3.87. The average Bonchev–Trinajstić information content (AvgIpc) is 3.21. The molecule has 0 saturated carbocycles. The number of carbonyl (C=O) groups excluding carboxylic acids is 1. The molecule has 0 aliphatic heterocycles. The zero-order valence-corrected chi connectivity index (χ0v) is 19.7. The molecule has 3 aromatic rings. The number of carbonyl (C=O) groups is 1. The van der Waals surface area contributed by atoms with Crippen LogP contribution in [0.3, 0.4) is 0 Å². The van der Waals surface area contributed by atoms with Crippen LogP contribution in [0.25, 0.3) is 10.9 Å². The minimum absolute atomic E-state index is 0.0299. The number of hydrogen-bond acceptors (Lipinski definition) is 4. The monoisotopic (exact) mass is 457 g/mol. The normalized spacial score (nSPS) is 11.6. The summed E-state index contributed by atoms with van der Waals surface area (Å²) < 4.78 is 34.1. The second-order valence-corrected chi connectivity index (χ2v) is 9.40. The first-order chi connectivity index (χ1) is 15.4. The summed E-state index contributed by atoms with van der Waals surface area (Å²) in [6, 6.07) is 12.5. The molecule has 0 aliphatic carbocycles. The molecule has 0 unspecified atom stereocenters. The maximum atomic E-state index is 13.1. The van der Waals surface area contributed by atoms with E-state index >= 15 is 0 Å². The first kappa shape index (κ1) is 23.8. The molecule has 0 radical (unpaired) electrons. The highest BCUT2D eigenvalue weighted by Crippen LogP contribution is 2.26. The summed E-state index contributed by atoms with van der Waals surface area (Å²) in [5.74, 6) is 0.0327. The molecule has 2 N–H and O–H groups in total. The summed E-state index contributed by atoms with van der Waals surface area (Å²) in [6.45, 7) is 5.51. The van der Waals surface area contributed by atoms with E-state index in [1.165, 1.54) is 19.2 Å². The summed E-state index contributed by atoms with van der Waals surface area (Å²) in [5, 5.41) is 1.07. The van der Waals surface area contributed by atoms with Crippen molar-refractivity contribution in [3.05, 3.63) is 59.8 Å². The van der Waals surface area contributed by atoms with Crippen molar-refractivity contribution < 1.29 is 17.9 Å². The molecule has 0 fully saturated rings. The fourth-order valence-electron chi connectivity index (χ4n) is 3.79. The standard InChI is InChI=1S/C24H31N3O4S/c1-4-14-27(15-5-2)24(28)18-10-11-22(31-3)23(16-18)32(29,30)26-13-12-19-17-25-21-9-7-6-8-20(19)21/h6-11,16-17,25-26H,4-5,12-15H2,1-3H3. The maximum Gasteiger partial charge on any atom is 0.253 e. The number of amides is 1. The van der Waals surface area contributed by atoms with Gasteiger partial charge in [-0.2, -0.15) is 0 Å². The predicted octanol–water partition coefficient (Wildman–Crippen LogP) is 3.96. The molecule has 32 heavy (non-hydrogen) atoms. The zero-order chi connectivity index (χ0) is 23.1. The van der Waals surface area contributed by atoms with Gasteiger partial charge in [0, 0.05) is 42.3 Å². The van der Waals surface area contributed by atoms with Crippen LogP contribution in [-0.2, 0) is 16.4 Å². The lowest BCUT2D eigenvalue weighted by atomic mass is 10.1. The van der Waals surface area contributed by atoms with E-state index in [-0.39, 0.29) is 23.1 Å². The smallest absolute Gasteiger partial charge is 0.253 e. The molecule has 7 nitrogen and oxygen atoms in total. The summed E-state index contributed by atoms with van der Waals surface area (Å²) in [4.78, 5) is 17.9. The number of benzene rings is 2. The summed E-state index contributed by atoms with van der Waals surface area (Å²) in [5.41, 5.74) is 2.39. The Morgan fingerprint density at radius 3 is 2.50 bits per heavy atom. The van der Waals surface area contributed by atoms with Crippen molar-refractivity contribution in [3.8, 4) is 5.75 Å². The number of hydrogen-bond donors (Lipinski definition) is 2. The van der Waals surface area contributed by atoms with Crippen molar-refractivity contribution in [1.82, 2.24) is 14.6 Å². The van der Waals surface area contributed by atoms with E-state index in [0.29, 0.717) is 25.1 Å². The van der Waals surface area contributed by atoms with Gasteiger partial charge in [0.2, 0.25) is 10.0 Å². The minimum Gasteiger partial charge on any atom is -0.495 e. The molecule has 3 rings (SSSR count). The molecule has 1 heterocycles. The lowest BCUT2D eigenvalue weighted by Gasteiger charge is -2.22. The molecule has 0 aliphatic rings. The van der Waals surface area contributed by atoms with Gasteiger partial charge in [-0.15, -0.1) is 0 Å². The molecule has 1 amide bonds. The maximum absolute atomic E-state index is 13.1. The van der Waals surface area contributed by atoms with Crippen LogP contribution in [0.2, 0.25) is 0 Å². The number of nitrogens with one attached hydrogen (secondary N) is 2. The molecule has 172 valence electrons. The highest BCUT2D eigenvalue weighted by molar-refractivity contribution is 7.89. The van der Waals surface area contributed by atoms with E-state index in [1.807, 2.05) is 44.3 Å². The van der Waals surface area contributed by atoms with Crippen LogP contribution >= 0.6 is 0 Å². The van der Waals surface area contributed by atoms with Gasteiger partial charge in [-0.1, -0.05) is 32.0 Å². The fourth-order valence-corrected chi connectivity index (χ4v) is 5.02. The van der Waals surface area contributed by atoms with Crippen LogP contribution in [0.1, 0.15) is 42.6 Å². The second kappa shape index (κ2) is 10.7. The van der Waals surface area contributed by atoms with Gasteiger partial charge in [0.25, 0.3) is 5.91 Å². The van der Waals surface area contributed by atoms with E-state index in [1.54, 1.807) is 11.0 Å². The van der Waals surface area contributed by atoms with Gasteiger partial charge in [-0.3, -0.25) is 4.79 Å². The van der Waals surface area contributed by atoms with Gasteiger partial charge >= 0.3 is 0 Å². The molecule has 8 heteroatoms. The summed E-state index contributed by atoms with van der Waals surface area (Å²) >= 11 is 0. The third-order valence-corrected chi connectivity index (χ3v) is 6.82. The Kier molecular flexibility index (Phi) is 7.93. The zero-order valence-electron chi connectivity index (χ0n) is 18.8. The Labute approximate surface area is 189 Å². The molecule has 0 atom stereocenters. The largest absolute Gasteiger partial charge is 0.495 e. The van der Waals surface area contributed by atoms with Crippen LogP contribution in [0.5, 0.6) is 5.75 Å². The molecule has 1 aromatic heterocycles. The van der Waals surface area contributed by atoms with Gasteiger partial charge in [0.15, 0.2) is 0 Å². The van der Waals surface area contributed by atoms with Crippen LogP contribution < -0.4 is 9.46 Å². The van der Waals surface area contributed by atoms with E-state index in [4.69, 9.17) is 4.74 Å². The number of fused-ring (bicyclic) bond motifs is 1. The number of nitrogens with zero attached hydrogens (tertiary/aromatic N) is 1. The SMILES string of the molecule is CCCN(CCC)C(=O)c1ccc(OC)c(S(=O)(=O)NCCc2c[nH]c3ccccc23)c1. The summed E-state index contributed by atoms with van der Waals surface area (Å²) in [7, 11) is -2.45. The van der Waals surface area contributed by atoms with Crippen molar-refractivity contribution in [1.29, 1.82) is 0 Å². The molecule has 2 aromatic carbocycles. The van der Waals surface area contributed by atoms with Crippen molar-refractivity contribution in [2.24, 2.45) is 0 Å². The van der Waals surface area contributed by atoms with Crippen molar-refractivity contribution in [2.45, 2.75) is 38.0 Å². The topological polar surface area (TPSA) is 91.5 Å². The van der Waals surface area contributed by atoms with Crippen LogP contribution in [-0.4, -0.2) is 51.0 Å². The number of methoxy groups -OCH3 is 1. The highest BCUT2D eigenvalue weighted by atomic mass is 32.2. The average molecular weight is 458 g/mol. The Balaban J connectivity index is 1.79. The Bertz CT molecular complexity index is 1160. The second-order valence-electron chi connectivity index (χ2n) is 7.67. The lowest BCUT2D eigenvalue weighted by Crippen LogP contribution is -2.33. The Hall–Kier alpha value is -2.84. The number of aromatic nitrogens is 1. The fraction of sp³-hybridized carbons (Fsp3) is 0.375. The number of aromatic amines is 1. The van der Waals surface area contributed by atoms with E-state index in [9.17, 15) is 13.2 Å². The molecule has 0 saturated heterocycles. The van der Waals surface area contributed by atoms with Gasteiger partial charge < -0.3 is 14.6 Å². The van der Waals surface area contributed by atoms with Crippen LogP contribution in [0.4, 0.5) is 0 Å². The first-order valence-corrected chi connectivity index (χ1v) is 12.4. The van der Waals surface area contributed by atoms with E-state index < -0.39 is 10.0 Å². The number of ether oxygens (including phenoxy) is 1. The van der Waals surface area contributed by atoms with Gasteiger partial charge in [-0.25, -0.2) is 13.1 Å².